The summed E-state index contributed by atoms with van der Waals surface area (Å²) in [6.45, 7) is -0.253. The Morgan fingerprint density at radius 1 is 1.25 bits per heavy atom. The zero-order chi connectivity index (χ0) is 16.9. The summed E-state index contributed by atoms with van der Waals surface area (Å²) in [5, 5.41) is 13.9. The molecule has 0 fully saturated rings. The van der Waals surface area contributed by atoms with E-state index in [4.69, 9.17) is 4.74 Å². The summed E-state index contributed by atoms with van der Waals surface area (Å²) in [7, 11) is 0. The number of hydrogen-bond acceptors (Lipinski definition) is 5. The number of para-hydroxylation sites is 2. The van der Waals surface area contributed by atoms with Crippen molar-refractivity contribution in [2.24, 2.45) is 0 Å². The van der Waals surface area contributed by atoms with Crippen molar-refractivity contribution in [3.8, 4) is 5.75 Å². The summed E-state index contributed by atoms with van der Waals surface area (Å²) in [5.74, 6) is 0.740. The Balaban J connectivity index is 1.62. The fourth-order valence-electron chi connectivity index (χ4n) is 2.60. The number of nitro benzene ring substituents is 1. The molecule has 24 heavy (non-hydrogen) atoms. The van der Waals surface area contributed by atoms with E-state index in [1.807, 2.05) is 24.3 Å². The molecule has 1 amide bonds. The third-order valence-corrected chi connectivity index (χ3v) is 4.84. The number of benzene rings is 2. The molecule has 3 rings (SSSR count). The summed E-state index contributed by atoms with van der Waals surface area (Å²) < 4.78 is 5.33. The molecule has 0 radical (unpaired) electrons. The zero-order valence-electron chi connectivity index (χ0n) is 12.8. The Kier molecular flexibility index (Phi) is 5.00. The average Bonchev–Trinajstić information content (AvgIpc) is 2.60. The molecule has 0 aromatic heterocycles. The molecule has 0 saturated heterocycles. The van der Waals surface area contributed by atoms with Gasteiger partial charge < -0.3 is 10.1 Å². The normalized spacial score (nSPS) is 16.1. The quantitative estimate of drug-likeness (QED) is 0.664. The van der Waals surface area contributed by atoms with E-state index in [1.54, 1.807) is 23.9 Å². The molecular formula is C17H16N2O4S. The van der Waals surface area contributed by atoms with Gasteiger partial charge in [-0.1, -0.05) is 30.3 Å². The molecular weight excluding hydrogens is 328 g/mol. The number of nitrogens with zero attached hydrogens (tertiary/aromatic N) is 1. The lowest BCUT2D eigenvalue weighted by Gasteiger charge is -2.25. The lowest BCUT2D eigenvalue weighted by Crippen LogP contribution is -2.34. The van der Waals surface area contributed by atoms with E-state index in [9.17, 15) is 14.9 Å². The van der Waals surface area contributed by atoms with E-state index in [1.165, 1.54) is 17.0 Å². The summed E-state index contributed by atoms with van der Waals surface area (Å²) >= 11 is 1.78. The molecule has 2 aromatic carbocycles. The Morgan fingerprint density at radius 3 is 2.83 bits per heavy atom. The largest absolute Gasteiger partial charge is 0.477 e. The van der Waals surface area contributed by atoms with Crippen LogP contribution in [0.25, 0.3) is 0 Å². The lowest BCUT2D eigenvalue weighted by atomic mass is 10.0. The van der Waals surface area contributed by atoms with E-state index in [2.05, 4.69) is 5.32 Å². The topological polar surface area (TPSA) is 81.5 Å². The molecule has 0 aliphatic carbocycles. The third kappa shape index (κ3) is 3.68. The lowest BCUT2D eigenvalue weighted by molar-refractivity contribution is -0.385. The number of carbonyl (C=O) groups excluding carboxylic acids is 1. The van der Waals surface area contributed by atoms with Gasteiger partial charge in [-0.05, 0) is 24.1 Å². The van der Waals surface area contributed by atoms with Crippen molar-refractivity contribution in [2.75, 3.05) is 12.4 Å². The van der Waals surface area contributed by atoms with E-state index < -0.39 is 4.92 Å². The van der Waals surface area contributed by atoms with Crippen molar-refractivity contribution in [1.29, 1.82) is 0 Å². The second-order valence-corrected chi connectivity index (χ2v) is 6.45. The monoisotopic (exact) mass is 344 g/mol. The van der Waals surface area contributed by atoms with Gasteiger partial charge >= 0.3 is 5.69 Å². The van der Waals surface area contributed by atoms with Crippen molar-refractivity contribution in [2.45, 2.75) is 17.4 Å². The molecule has 1 aliphatic heterocycles. The predicted octanol–water partition coefficient (Wildman–Crippen LogP) is 3.33. The minimum absolute atomic E-state index is 0.0516. The highest BCUT2D eigenvalue weighted by Crippen LogP contribution is 2.35. The average molecular weight is 344 g/mol. The molecule has 124 valence electrons. The smallest absolute Gasteiger partial charge is 0.310 e. The van der Waals surface area contributed by atoms with Gasteiger partial charge in [0.15, 0.2) is 12.4 Å². The molecule has 1 N–H and O–H groups in total. The summed E-state index contributed by atoms with van der Waals surface area (Å²) in [4.78, 5) is 23.8. The summed E-state index contributed by atoms with van der Waals surface area (Å²) in [6.07, 6.45) is 0.846. The number of fused-ring (bicyclic) bond motifs is 1. The minimum Gasteiger partial charge on any atom is -0.477 e. The highest BCUT2D eigenvalue weighted by atomic mass is 32.2. The van der Waals surface area contributed by atoms with Crippen LogP contribution in [0.3, 0.4) is 0 Å². The highest BCUT2D eigenvalue weighted by molar-refractivity contribution is 7.99. The minimum atomic E-state index is -0.526. The number of carbonyl (C=O) groups is 1. The van der Waals surface area contributed by atoms with Gasteiger partial charge in [0.05, 0.1) is 11.0 Å². The molecule has 0 spiro atoms. The van der Waals surface area contributed by atoms with Crippen LogP contribution in [0, 0.1) is 10.1 Å². The fourth-order valence-corrected chi connectivity index (χ4v) is 3.73. The van der Waals surface area contributed by atoms with Gasteiger partial charge in [0.25, 0.3) is 5.91 Å². The Bertz CT molecular complexity index is 766. The van der Waals surface area contributed by atoms with Crippen molar-refractivity contribution >= 4 is 23.4 Å². The van der Waals surface area contributed by atoms with Crippen LogP contribution in [0.4, 0.5) is 5.69 Å². The molecule has 1 aliphatic rings. The summed E-state index contributed by atoms with van der Waals surface area (Å²) in [6, 6.07) is 14.0. The first kappa shape index (κ1) is 16.3. The predicted molar refractivity (Wildman–Crippen MR) is 91.3 cm³/mol. The van der Waals surface area contributed by atoms with Crippen LogP contribution in [0.5, 0.6) is 5.75 Å². The molecule has 0 saturated carbocycles. The number of thioether (sulfide) groups is 1. The van der Waals surface area contributed by atoms with E-state index >= 15 is 0 Å². The first-order valence-electron chi connectivity index (χ1n) is 7.52. The van der Waals surface area contributed by atoms with Crippen LogP contribution in [0.1, 0.15) is 18.0 Å². The van der Waals surface area contributed by atoms with Gasteiger partial charge in [0.1, 0.15) is 0 Å². The summed E-state index contributed by atoms with van der Waals surface area (Å²) in [5.41, 5.74) is 0.956. The molecule has 0 bridgehead atoms. The van der Waals surface area contributed by atoms with Crippen LogP contribution in [-0.4, -0.2) is 23.2 Å². The number of nitrogens with one attached hydrogen (secondary N) is 1. The van der Waals surface area contributed by atoms with Crippen LogP contribution < -0.4 is 10.1 Å². The Labute approximate surface area is 143 Å². The maximum atomic E-state index is 12.2. The standard InChI is InChI=1S/C17H16N2O4S/c20-17(11-23-15-7-3-2-6-14(15)19(21)22)18-13-9-10-24-16-8-4-1-5-12(13)16/h1-8,13H,9-11H2,(H,18,20)/t13-/m0/s1. The SMILES string of the molecule is O=C(COc1ccccc1[N+](=O)[O-])N[C@H]1CCSc2ccccc21. The van der Waals surface area contributed by atoms with Crippen LogP contribution >= 0.6 is 11.8 Å². The first-order chi connectivity index (χ1) is 11.6. The Hall–Kier alpha value is -2.54. The number of rotatable bonds is 5. The van der Waals surface area contributed by atoms with Gasteiger partial charge in [0.2, 0.25) is 0 Å². The van der Waals surface area contributed by atoms with E-state index in [-0.39, 0.29) is 30.0 Å². The molecule has 6 nitrogen and oxygen atoms in total. The van der Waals surface area contributed by atoms with Crippen LogP contribution in [0.2, 0.25) is 0 Å². The highest BCUT2D eigenvalue weighted by Gasteiger charge is 2.22. The maximum absolute atomic E-state index is 12.2. The molecule has 1 atom stereocenters. The maximum Gasteiger partial charge on any atom is 0.310 e. The van der Waals surface area contributed by atoms with Crippen molar-refractivity contribution in [1.82, 2.24) is 5.32 Å². The zero-order valence-corrected chi connectivity index (χ0v) is 13.6. The number of ether oxygens (including phenoxy) is 1. The van der Waals surface area contributed by atoms with E-state index in [0.717, 1.165) is 17.7 Å². The number of nitro groups is 1. The number of amides is 1. The molecule has 7 heteroatoms. The van der Waals surface area contributed by atoms with Crippen LogP contribution in [0.15, 0.2) is 53.4 Å². The van der Waals surface area contributed by atoms with Gasteiger partial charge in [0, 0.05) is 16.7 Å². The van der Waals surface area contributed by atoms with Gasteiger partial charge in [-0.2, -0.15) is 0 Å². The Morgan fingerprint density at radius 2 is 2.00 bits per heavy atom. The van der Waals surface area contributed by atoms with Gasteiger partial charge in [-0.15, -0.1) is 11.8 Å². The first-order valence-corrected chi connectivity index (χ1v) is 8.51. The van der Waals surface area contributed by atoms with Gasteiger partial charge in [-0.25, -0.2) is 0 Å². The second kappa shape index (κ2) is 7.35. The van der Waals surface area contributed by atoms with Crippen LogP contribution in [-0.2, 0) is 4.79 Å². The van der Waals surface area contributed by atoms with Crippen molar-refractivity contribution < 1.29 is 14.5 Å². The molecule has 2 aromatic rings. The molecule has 1 heterocycles. The van der Waals surface area contributed by atoms with Crippen molar-refractivity contribution in [3.63, 3.8) is 0 Å². The van der Waals surface area contributed by atoms with Gasteiger partial charge in [-0.3, -0.25) is 14.9 Å². The molecule has 0 unspecified atom stereocenters. The van der Waals surface area contributed by atoms with E-state index in [0.29, 0.717) is 0 Å². The number of hydrogen-bond donors (Lipinski definition) is 1. The third-order valence-electron chi connectivity index (χ3n) is 3.71. The second-order valence-electron chi connectivity index (χ2n) is 5.31. The fraction of sp³-hybridized carbons (Fsp3) is 0.235. The van der Waals surface area contributed by atoms with Crippen molar-refractivity contribution in [3.05, 3.63) is 64.2 Å².